The van der Waals surface area contributed by atoms with E-state index in [-0.39, 0.29) is 0 Å². The monoisotopic (exact) mass is 218 g/mol. The van der Waals surface area contributed by atoms with Crippen molar-refractivity contribution in [3.05, 3.63) is 0 Å². The lowest BCUT2D eigenvalue weighted by atomic mass is 10.1. The molecule has 0 bridgehead atoms. The van der Waals surface area contributed by atoms with Crippen LogP contribution < -0.4 is 5.73 Å². The molecule has 1 heterocycles. The first kappa shape index (κ1) is 10.4. The Bertz CT molecular complexity index is 302. The minimum atomic E-state index is -2.90. The van der Waals surface area contributed by atoms with Crippen molar-refractivity contribution < 1.29 is 8.42 Å². The molecule has 82 valence electrons. The van der Waals surface area contributed by atoms with E-state index >= 15 is 0 Å². The molecule has 5 heteroatoms. The molecule has 0 unspecified atom stereocenters. The summed E-state index contributed by atoms with van der Waals surface area (Å²) >= 11 is 0. The van der Waals surface area contributed by atoms with Crippen LogP contribution in [0.15, 0.2) is 0 Å². The fraction of sp³-hybridized carbons (Fsp3) is 1.00. The predicted octanol–water partition coefficient (Wildman–Crippen LogP) is 0.149. The van der Waals surface area contributed by atoms with Gasteiger partial charge in [0.15, 0.2) is 0 Å². The molecule has 0 aromatic carbocycles. The Balaban J connectivity index is 1.92. The van der Waals surface area contributed by atoms with E-state index in [0.717, 1.165) is 25.7 Å². The van der Waals surface area contributed by atoms with Crippen LogP contribution in [0.2, 0.25) is 0 Å². The fourth-order valence-corrected chi connectivity index (χ4v) is 4.06. The van der Waals surface area contributed by atoms with Crippen molar-refractivity contribution in [2.45, 2.75) is 31.7 Å². The zero-order chi connectivity index (χ0) is 10.2. The van der Waals surface area contributed by atoms with Crippen LogP contribution in [0.3, 0.4) is 0 Å². The van der Waals surface area contributed by atoms with Crippen molar-refractivity contribution in [3.63, 3.8) is 0 Å². The molecular weight excluding hydrogens is 200 g/mol. The fourth-order valence-electron chi connectivity index (χ4n) is 2.46. The maximum absolute atomic E-state index is 11.5. The van der Waals surface area contributed by atoms with Gasteiger partial charge in [0.05, 0.1) is 5.75 Å². The van der Waals surface area contributed by atoms with Gasteiger partial charge in [0, 0.05) is 19.1 Å². The topological polar surface area (TPSA) is 63.4 Å². The zero-order valence-corrected chi connectivity index (χ0v) is 9.17. The Kier molecular flexibility index (Phi) is 2.81. The Labute approximate surface area is 85.5 Å². The summed E-state index contributed by atoms with van der Waals surface area (Å²) in [5.41, 5.74) is 5.80. The molecule has 1 aliphatic heterocycles. The molecule has 0 aromatic heterocycles. The van der Waals surface area contributed by atoms with E-state index in [4.69, 9.17) is 5.73 Å². The first-order chi connectivity index (χ1) is 6.58. The first-order valence-corrected chi connectivity index (χ1v) is 6.92. The highest BCUT2D eigenvalue weighted by atomic mass is 32.2. The maximum Gasteiger partial charge on any atom is 0.214 e. The van der Waals surface area contributed by atoms with E-state index in [0.29, 0.717) is 30.8 Å². The molecule has 0 radical (unpaired) electrons. The second-order valence-corrected chi connectivity index (χ2v) is 6.56. The van der Waals surface area contributed by atoms with Gasteiger partial charge in [-0.05, 0) is 31.6 Å². The lowest BCUT2D eigenvalue weighted by Gasteiger charge is -2.18. The van der Waals surface area contributed by atoms with Gasteiger partial charge in [-0.25, -0.2) is 12.7 Å². The summed E-state index contributed by atoms with van der Waals surface area (Å²) in [6.45, 7) is 1.42. The molecule has 2 aliphatic rings. The lowest BCUT2D eigenvalue weighted by Crippen LogP contribution is -2.31. The smallest absolute Gasteiger partial charge is 0.214 e. The summed E-state index contributed by atoms with van der Waals surface area (Å²) in [6.07, 6.45) is 3.93. The van der Waals surface area contributed by atoms with E-state index in [1.807, 2.05) is 0 Å². The average Bonchev–Trinajstić information content (AvgIpc) is 2.61. The van der Waals surface area contributed by atoms with Crippen LogP contribution >= 0.6 is 0 Å². The average molecular weight is 218 g/mol. The van der Waals surface area contributed by atoms with Crippen LogP contribution in [0.4, 0.5) is 0 Å². The van der Waals surface area contributed by atoms with Gasteiger partial charge in [0.2, 0.25) is 10.0 Å². The van der Waals surface area contributed by atoms with E-state index < -0.39 is 10.0 Å². The number of nitrogens with zero attached hydrogens (tertiary/aromatic N) is 1. The van der Waals surface area contributed by atoms with Crippen LogP contribution in [-0.2, 0) is 10.0 Å². The molecule has 4 nitrogen and oxygen atoms in total. The molecule has 1 aliphatic carbocycles. The molecule has 2 N–H and O–H groups in total. The summed E-state index contributed by atoms with van der Waals surface area (Å²) < 4.78 is 24.7. The van der Waals surface area contributed by atoms with Crippen LogP contribution in [0.5, 0.6) is 0 Å². The number of nitrogens with two attached hydrogens (primary N) is 1. The van der Waals surface area contributed by atoms with Gasteiger partial charge in [-0.15, -0.1) is 0 Å². The lowest BCUT2D eigenvalue weighted by molar-refractivity contribution is 0.363. The van der Waals surface area contributed by atoms with Gasteiger partial charge in [-0.3, -0.25) is 0 Å². The van der Waals surface area contributed by atoms with Crippen molar-refractivity contribution in [1.82, 2.24) is 4.31 Å². The first-order valence-electron chi connectivity index (χ1n) is 5.31. The predicted molar refractivity (Wildman–Crippen MR) is 55.3 cm³/mol. The molecule has 2 fully saturated rings. The molecule has 0 aromatic rings. The van der Waals surface area contributed by atoms with Crippen LogP contribution in [0.1, 0.15) is 25.7 Å². The van der Waals surface area contributed by atoms with E-state index in [9.17, 15) is 8.42 Å². The van der Waals surface area contributed by atoms with Crippen molar-refractivity contribution in [1.29, 1.82) is 0 Å². The number of hydrogen-bond acceptors (Lipinski definition) is 3. The third-order valence-corrected chi connectivity index (χ3v) is 5.17. The Morgan fingerprint density at radius 3 is 2.64 bits per heavy atom. The van der Waals surface area contributed by atoms with Gasteiger partial charge in [0.1, 0.15) is 0 Å². The molecule has 1 saturated carbocycles. The zero-order valence-electron chi connectivity index (χ0n) is 8.35. The molecule has 2 atom stereocenters. The Morgan fingerprint density at radius 2 is 2.14 bits per heavy atom. The van der Waals surface area contributed by atoms with E-state index in [1.54, 1.807) is 4.31 Å². The van der Waals surface area contributed by atoms with E-state index in [2.05, 4.69) is 0 Å². The van der Waals surface area contributed by atoms with Crippen LogP contribution in [0.25, 0.3) is 0 Å². The molecule has 0 spiro atoms. The number of rotatable bonds is 2. The SMILES string of the molecule is N[C@@H]1CC[C@H](CN2CCCS2(=O)=O)C1. The number of hydrogen-bond donors (Lipinski definition) is 1. The van der Waals surface area contributed by atoms with Gasteiger partial charge in [-0.2, -0.15) is 0 Å². The van der Waals surface area contributed by atoms with Crippen molar-refractivity contribution in [3.8, 4) is 0 Å². The number of sulfonamides is 1. The highest BCUT2D eigenvalue weighted by molar-refractivity contribution is 7.89. The summed E-state index contributed by atoms with van der Waals surface area (Å²) in [4.78, 5) is 0. The highest BCUT2D eigenvalue weighted by Crippen LogP contribution is 2.27. The summed E-state index contributed by atoms with van der Waals surface area (Å²) in [5.74, 6) is 0.837. The van der Waals surface area contributed by atoms with E-state index in [1.165, 1.54) is 0 Å². The summed E-state index contributed by atoms with van der Waals surface area (Å²) in [7, 11) is -2.90. The Morgan fingerprint density at radius 1 is 1.36 bits per heavy atom. The van der Waals surface area contributed by atoms with Crippen molar-refractivity contribution >= 4 is 10.0 Å². The standard InChI is InChI=1S/C9H18N2O2S/c10-9-3-2-8(6-9)7-11-4-1-5-14(11,12)13/h8-9H,1-7,10H2/t8-,9+/m0/s1. The third kappa shape index (κ3) is 2.10. The highest BCUT2D eigenvalue weighted by Gasteiger charge is 2.32. The minimum absolute atomic E-state index is 0.297. The third-order valence-electron chi connectivity index (χ3n) is 3.25. The minimum Gasteiger partial charge on any atom is -0.328 e. The van der Waals surface area contributed by atoms with Crippen LogP contribution in [-0.4, -0.2) is 37.6 Å². The van der Waals surface area contributed by atoms with Gasteiger partial charge in [-0.1, -0.05) is 0 Å². The van der Waals surface area contributed by atoms with Crippen molar-refractivity contribution in [2.24, 2.45) is 11.7 Å². The molecular formula is C9H18N2O2S. The Hall–Kier alpha value is -0.130. The maximum atomic E-state index is 11.5. The quantitative estimate of drug-likeness (QED) is 0.717. The van der Waals surface area contributed by atoms with Crippen LogP contribution in [0, 0.1) is 5.92 Å². The molecule has 0 amide bonds. The molecule has 14 heavy (non-hydrogen) atoms. The van der Waals surface area contributed by atoms with Gasteiger partial charge < -0.3 is 5.73 Å². The van der Waals surface area contributed by atoms with Crippen molar-refractivity contribution in [2.75, 3.05) is 18.8 Å². The second kappa shape index (κ2) is 3.79. The van der Waals surface area contributed by atoms with Gasteiger partial charge in [0.25, 0.3) is 0 Å². The van der Waals surface area contributed by atoms with Gasteiger partial charge >= 0.3 is 0 Å². The normalized spacial score (nSPS) is 37.8. The largest absolute Gasteiger partial charge is 0.328 e. The second-order valence-electron chi connectivity index (χ2n) is 4.47. The molecule has 2 rings (SSSR count). The summed E-state index contributed by atoms with van der Waals surface area (Å²) in [6, 6.07) is 0.297. The molecule has 1 saturated heterocycles. The summed E-state index contributed by atoms with van der Waals surface area (Å²) in [5, 5.41) is 0.